The van der Waals surface area contributed by atoms with Crippen molar-refractivity contribution in [2.75, 3.05) is 5.32 Å². The lowest BCUT2D eigenvalue weighted by Gasteiger charge is -2.28. The van der Waals surface area contributed by atoms with Gasteiger partial charge in [0.05, 0.1) is 0 Å². The van der Waals surface area contributed by atoms with Crippen LogP contribution in [0.2, 0.25) is 5.02 Å². The zero-order chi connectivity index (χ0) is 14.3. The van der Waals surface area contributed by atoms with E-state index >= 15 is 0 Å². The molecule has 0 spiro atoms. The van der Waals surface area contributed by atoms with Crippen LogP contribution in [0.4, 0.5) is 5.69 Å². The Morgan fingerprint density at radius 2 is 1.80 bits per heavy atom. The number of aryl methyl sites for hydroxylation is 1. The molecule has 102 valence electrons. The highest BCUT2D eigenvalue weighted by molar-refractivity contribution is 6.30. The van der Waals surface area contributed by atoms with Crippen LogP contribution in [-0.4, -0.2) is 5.91 Å². The predicted octanol–water partition coefficient (Wildman–Crippen LogP) is 4.43. The number of rotatable bonds is 1. The number of nitrogens with one attached hydrogen (secondary N) is 1. The van der Waals surface area contributed by atoms with Gasteiger partial charge >= 0.3 is 0 Å². The summed E-state index contributed by atoms with van der Waals surface area (Å²) in [6, 6.07) is 12.0. The lowest BCUT2D eigenvalue weighted by Crippen LogP contribution is -2.24. The molecule has 2 nitrogen and oxygen atoms in total. The van der Waals surface area contributed by atoms with E-state index in [1.165, 1.54) is 11.1 Å². The molecule has 0 aromatic heterocycles. The number of carbonyl (C=O) groups is 1. The number of anilines is 1. The molecule has 0 unspecified atom stereocenters. The Hall–Kier alpha value is -1.80. The normalized spacial score (nSPS) is 17.6. The van der Waals surface area contributed by atoms with Crippen molar-refractivity contribution in [2.45, 2.75) is 26.2 Å². The fourth-order valence-corrected chi connectivity index (χ4v) is 2.90. The highest BCUT2D eigenvalue weighted by atomic mass is 35.5. The van der Waals surface area contributed by atoms with Crippen molar-refractivity contribution in [3.63, 3.8) is 0 Å². The molecule has 3 rings (SSSR count). The molecule has 1 aliphatic heterocycles. The summed E-state index contributed by atoms with van der Waals surface area (Å²) in [5, 5.41) is 3.73. The van der Waals surface area contributed by atoms with Crippen LogP contribution >= 0.6 is 11.6 Å². The van der Waals surface area contributed by atoms with Crippen molar-refractivity contribution in [1.29, 1.82) is 0 Å². The summed E-state index contributed by atoms with van der Waals surface area (Å²) in [7, 11) is 0. The van der Waals surface area contributed by atoms with Crippen LogP contribution in [0.25, 0.3) is 0 Å². The average Bonchev–Trinajstić information content (AvgIpc) is 2.43. The molecule has 20 heavy (non-hydrogen) atoms. The molecular formula is C17H16ClNO. The quantitative estimate of drug-likeness (QED) is 0.825. The van der Waals surface area contributed by atoms with Crippen LogP contribution in [0.15, 0.2) is 36.4 Å². The predicted molar refractivity (Wildman–Crippen MR) is 82.5 cm³/mol. The summed E-state index contributed by atoms with van der Waals surface area (Å²) in [5.41, 5.74) is 5.64. The Bertz CT molecular complexity index is 676. The van der Waals surface area contributed by atoms with Crippen LogP contribution in [0.5, 0.6) is 0 Å². The highest BCUT2D eigenvalue weighted by Gasteiger charge is 2.27. The number of halogens is 1. The van der Waals surface area contributed by atoms with Crippen molar-refractivity contribution in [2.24, 2.45) is 0 Å². The van der Waals surface area contributed by atoms with E-state index in [4.69, 9.17) is 11.6 Å². The number of amides is 1. The lowest BCUT2D eigenvalue weighted by atomic mass is 9.83. The van der Waals surface area contributed by atoms with Gasteiger partial charge in [0.15, 0.2) is 0 Å². The Morgan fingerprint density at radius 1 is 1.10 bits per heavy atom. The highest BCUT2D eigenvalue weighted by Crippen LogP contribution is 2.39. The van der Waals surface area contributed by atoms with Crippen molar-refractivity contribution < 1.29 is 4.79 Å². The number of benzene rings is 2. The second-order valence-corrected chi connectivity index (χ2v) is 5.76. The first kappa shape index (κ1) is 13.2. The third-order valence-electron chi connectivity index (χ3n) is 4.07. The minimum absolute atomic E-state index is 0.0751. The molecule has 1 aliphatic rings. The summed E-state index contributed by atoms with van der Waals surface area (Å²) >= 11 is 5.95. The molecule has 1 N–H and O–H groups in total. The van der Waals surface area contributed by atoms with E-state index in [9.17, 15) is 4.79 Å². The second-order valence-electron chi connectivity index (χ2n) is 5.33. The molecule has 2 aromatic rings. The van der Waals surface area contributed by atoms with Crippen molar-refractivity contribution in [3.05, 3.63) is 63.7 Å². The van der Waals surface area contributed by atoms with Crippen LogP contribution in [0, 0.1) is 13.8 Å². The van der Waals surface area contributed by atoms with Gasteiger partial charge in [0.2, 0.25) is 5.91 Å². The van der Waals surface area contributed by atoms with E-state index < -0.39 is 0 Å². The van der Waals surface area contributed by atoms with Crippen LogP contribution in [0.1, 0.15) is 34.6 Å². The van der Waals surface area contributed by atoms with Gasteiger partial charge in [-0.2, -0.15) is 0 Å². The van der Waals surface area contributed by atoms with Crippen molar-refractivity contribution in [1.82, 2.24) is 0 Å². The zero-order valence-corrected chi connectivity index (χ0v) is 12.3. The molecule has 0 aliphatic carbocycles. The standard InChI is InChI=1S/C17H16ClNO/c1-10-3-8-14-15(12-4-6-13(18)7-5-12)9-16(20)19-17(14)11(10)2/h3-8,15H,9H2,1-2H3,(H,19,20)/t15-/m1/s1. The number of hydrogen-bond donors (Lipinski definition) is 1. The third-order valence-corrected chi connectivity index (χ3v) is 4.32. The van der Waals surface area contributed by atoms with Crippen molar-refractivity contribution in [3.8, 4) is 0 Å². The number of carbonyl (C=O) groups excluding carboxylic acids is 1. The van der Waals surface area contributed by atoms with E-state index in [1.54, 1.807) is 0 Å². The second kappa shape index (κ2) is 4.95. The van der Waals surface area contributed by atoms with Gasteiger partial charge in [0.25, 0.3) is 0 Å². The molecule has 1 heterocycles. The molecule has 0 saturated heterocycles. The van der Waals surface area contributed by atoms with E-state index in [0.717, 1.165) is 16.8 Å². The molecule has 0 bridgehead atoms. The van der Waals surface area contributed by atoms with Crippen LogP contribution in [-0.2, 0) is 4.79 Å². The largest absolute Gasteiger partial charge is 0.326 e. The van der Waals surface area contributed by atoms with Gasteiger partial charge in [-0.1, -0.05) is 35.9 Å². The molecule has 1 atom stereocenters. The molecule has 0 fully saturated rings. The van der Waals surface area contributed by atoms with Gasteiger partial charge in [0.1, 0.15) is 0 Å². The number of hydrogen-bond acceptors (Lipinski definition) is 1. The summed E-state index contributed by atoms with van der Waals surface area (Å²) in [6.45, 7) is 4.12. The Balaban J connectivity index is 2.13. The smallest absolute Gasteiger partial charge is 0.225 e. The first-order valence-corrected chi connectivity index (χ1v) is 7.09. The Morgan fingerprint density at radius 3 is 2.50 bits per heavy atom. The van der Waals surface area contributed by atoms with E-state index in [2.05, 4.69) is 31.3 Å². The maximum Gasteiger partial charge on any atom is 0.225 e. The first-order chi connectivity index (χ1) is 9.56. The SMILES string of the molecule is Cc1ccc2c(c1C)NC(=O)C[C@@H]2c1ccc(Cl)cc1. The van der Waals surface area contributed by atoms with Crippen LogP contribution in [0.3, 0.4) is 0 Å². The molecule has 0 radical (unpaired) electrons. The minimum Gasteiger partial charge on any atom is -0.326 e. The van der Waals surface area contributed by atoms with Gasteiger partial charge in [0, 0.05) is 23.0 Å². The fraction of sp³-hybridized carbons (Fsp3) is 0.235. The molecule has 2 aromatic carbocycles. The molecule has 3 heteroatoms. The first-order valence-electron chi connectivity index (χ1n) is 6.71. The molecular weight excluding hydrogens is 270 g/mol. The maximum absolute atomic E-state index is 12.0. The lowest BCUT2D eigenvalue weighted by molar-refractivity contribution is -0.116. The minimum atomic E-state index is 0.0751. The maximum atomic E-state index is 12.0. The van der Waals surface area contributed by atoms with E-state index in [-0.39, 0.29) is 11.8 Å². The van der Waals surface area contributed by atoms with Gasteiger partial charge in [-0.3, -0.25) is 4.79 Å². The monoisotopic (exact) mass is 285 g/mol. The number of fused-ring (bicyclic) bond motifs is 1. The summed E-state index contributed by atoms with van der Waals surface area (Å²) in [4.78, 5) is 12.0. The van der Waals surface area contributed by atoms with Gasteiger partial charge in [-0.15, -0.1) is 0 Å². The van der Waals surface area contributed by atoms with E-state index in [0.29, 0.717) is 11.4 Å². The third kappa shape index (κ3) is 2.20. The van der Waals surface area contributed by atoms with Gasteiger partial charge < -0.3 is 5.32 Å². The Kier molecular flexibility index (Phi) is 3.27. The summed E-state index contributed by atoms with van der Waals surface area (Å²) in [5.74, 6) is 0.182. The van der Waals surface area contributed by atoms with E-state index in [1.807, 2.05) is 24.3 Å². The zero-order valence-electron chi connectivity index (χ0n) is 11.5. The summed E-state index contributed by atoms with van der Waals surface area (Å²) in [6.07, 6.45) is 0.483. The topological polar surface area (TPSA) is 29.1 Å². The molecule has 0 saturated carbocycles. The van der Waals surface area contributed by atoms with Crippen LogP contribution < -0.4 is 5.32 Å². The van der Waals surface area contributed by atoms with Gasteiger partial charge in [-0.25, -0.2) is 0 Å². The van der Waals surface area contributed by atoms with Crippen molar-refractivity contribution >= 4 is 23.2 Å². The summed E-state index contributed by atoms with van der Waals surface area (Å²) < 4.78 is 0. The molecule has 1 amide bonds. The fourth-order valence-electron chi connectivity index (χ4n) is 2.77. The Labute approximate surface area is 123 Å². The van der Waals surface area contributed by atoms with Gasteiger partial charge in [-0.05, 0) is 48.2 Å². The average molecular weight is 286 g/mol.